The molecule has 0 aromatic rings. The van der Waals surface area contributed by atoms with Crippen LogP contribution < -0.4 is 0 Å². The Labute approximate surface area is 97.8 Å². The molecule has 0 radical (unpaired) electrons. The summed E-state index contributed by atoms with van der Waals surface area (Å²) in [5.74, 6) is 1.42. The minimum atomic E-state index is -0.770. The topological polar surface area (TPSA) is 18.5 Å². The van der Waals surface area contributed by atoms with E-state index in [1.807, 2.05) is 0 Å². The normalized spacial score (nSPS) is 16.8. The van der Waals surface area contributed by atoms with Crippen LogP contribution in [-0.4, -0.2) is 22.2 Å². The van der Waals surface area contributed by atoms with Gasteiger partial charge in [-0.25, -0.2) is 0 Å². The Kier molecular flexibility index (Phi) is 8.38. The molecule has 3 heteroatoms. The van der Waals surface area contributed by atoms with Gasteiger partial charge in [0.25, 0.3) is 0 Å². The monoisotopic (exact) mass is 232 g/mol. The lowest BCUT2D eigenvalue weighted by atomic mass is 10.1. The fourth-order valence-corrected chi connectivity index (χ4v) is 2.55. The van der Waals surface area contributed by atoms with Crippen LogP contribution in [-0.2, 0) is 8.85 Å². The van der Waals surface area contributed by atoms with E-state index in [1.165, 1.54) is 0 Å². The zero-order valence-corrected chi connectivity index (χ0v) is 12.7. The lowest BCUT2D eigenvalue weighted by Gasteiger charge is -2.19. The molecule has 0 aromatic carbocycles. The highest BCUT2D eigenvalue weighted by molar-refractivity contribution is 6.18. The van der Waals surface area contributed by atoms with Gasteiger partial charge in [-0.1, -0.05) is 27.7 Å². The molecule has 0 saturated heterocycles. The SMILES string of the molecule is CC(C)CC(C)O[SiH2]OC(C)CC(C)C. The summed E-state index contributed by atoms with van der Waals surface area (Å²) in [5.41, 5.74) is 0. The average molecular weight is 232 g/mol. The van der Waals surface area contributed by atoms with Crippen molar-refractivity contribution in [1.82, 2.24) is 0 Å². The van der Waals surface area contributed by atoms with Crippen molar-refractivity contribution in [1.29, 1.82) is 0 Å². The number of hydrogen-bond donors (Lipinski definition) is 0. The Morgan fingerprint density at radius 3 is 1.33 bits per heavy atom. The third kappa shape index (κ3) is 10.4. The first-order chi connectivity index (χ1) is 6.91. The van der Waals surface area contributed by atoms with Gasteiger partial charge >= 0.3 is 10.0 Å². The van der Waals surface area contributed by atoms with E-state index in [0.29, 0.717) is 24.0 Å². The van der Waals surface area contributed by atoms with Gasteiger partial charge in [0.2, 0.25) is 0 Å². The quantitative estimate of drug-likeness (QED) is 0.599. The average Bonchev–Trinajstić information content (AvgIpc) is 2.00. The predicted molar refractivity (Wildman–Crippen MR) is 68.5 cm³/mol. The van der Waals surface area contributed by atoms with Crippen molar-refractivity contribution in [2.45, 2.75) is 66.6 Å². The molecule has 0 aliphatic carbocycles. The number of hydrogen-bond acceptors (Lipinski definition) is 2. The van der Waals surface area contributed by atoms with Crippen molar-refractivity contribution in [3.8, 4) is 0 Å². The predicted octanol–water partition coefficient (Wildman–Crippen LogP) is 2.89. The third-order valence-electron chi connectivity index (χ3n) is 2.31. The Balaban J connectivity index is 3.44. The van der Waals surface area contributed by atoms with Crippen molar-refractivity contribution in [3.05, 3.63) is 0 Å². The fourth-order valence-electron chi connectivity index (χ4n) is 1.74. The summed E-state index contributed by atoms with van der Waals surface area (Å²) in [6.45, 7) is 13.2. The minimum absolute atomic E-state index is 0.364. The first-order valence-corrected chi connectivity index (χ1v) is 7.30. The Hall–Kier alpha value is 0.137. The zero-order chi connectivity index (χ0) is 11.8. The highest BCUT2D eigenvalue weighted by Crippen LogP contribution is 2.09. The molecule has 2 unspecified atom stereocenters. The van der Waals surface area contributed by atoms with E-state index in [1.54, 1.807) is 0 Å². The molecule has 0 bridgehead atoms. The highest BCUT2D eigenvalue weighted by Gasteiger charge is 2.08. The van der Waals surface area contributed by atoms with Crippen LogP contribution in [0.1, 0.15) is 54.4 Å². The summed E-state index contributed by atoms with van der Waals surface area (Å²) in [5, 5.41) is 0. The van der Waals surface area contributed by atoms with Crippen molar-refractivity contribution < 1.29 is 8.85 Å². The van der Waals surface area contributed by atoms with E-state index in [0.717, 1.165) is 12.8 Å². The van der Waals surface area contributed by atoms with Gasteiger partial charge in [0, 0.05) is 12.2 Å². The second-order valence-corrected chi connectivity index (χ2v) is 6.23. The molecule has 0 heterocycles. The maximum atomic E-state index is 5.72. The molecule has 0 aromatic heterocycles. The Morgan fingerprint density at radius 2 is 1.07 bits per heavy atom. The maximum Gasteiger partial charge on any atom is 0.304 e. The van der Waals surface area contributed by atoms with Crippen molar-refractivity contribution in [3.63, 3.8) is 0 Å². The lowest BCUT2D eigenvalue weighted by Crippen LogP contribution is -2.21. The largest absolute Gasteiger partial charge is 0.396 e. The third-order valence-corrected chi connectivity index (χ3v) is 3.72. The molecule has 0 fully saturated rings. The molecular weight excluding hydrogens is 204 g/mol. The summed E-state index contributed by atoms with van der Waals surface area (Å²) in [6.07, 6.45) is 3.00. The van der Waals surface area contributed by atoms with Crippen LogP contribution in [0.3, 0.4) is 0 Å². The van der Waals surface area contributed by atoms with Gasteiger partial charge in [-0.15, -0.1) is 0 Å². The van der Waals surface area contributed by atoms with Crippen LogP contribution in [0.4, 0.5) is 0 Å². The molecular formula is C12H28O2Si. The molecule has 15 heavy (non-hydrogen) atoms. The van der Waals surface area contributed by atoms with E-state index in [9.17, 15) is 0 Å². The van der Waals surface area contributed by atoms with Gasteiger partial charge in [0.1, 0.15) is 0 Å². The molecule has 92 valence electrons. The van der Waals surface area contributed by atoms with E-state index < -0.39 is 10.0 Å². The minimum Gasteiger partial charge on any atom is -0.396 e. The van der Waals surface area contributed by atoms with Crippen LogP contribution in [0.2, 0.25) is 0 Å². The van der Waals surface area contributed by atoms with Crippen LogP contribution in [0.15, 0.2) is 0 Å². The summed E-state index contributed by atoms with van der Waals surface area (Å²) < 4.78 is 11.4. The fraction of sp³-hybridized carbons (Fsp3) is 1.00. The molecule has 2 atom stereocenters. The van der Waals surface area contributed by atoms with Crippen LogP contribution in [0.25, 0.3) is 0 Å². The standard InChI is InChI=1S/C12H28O2Si/c1-9(2)7-11(5)13-15-14-12(6)8-10(3)4/h9-12H,7-8,15H2,1-6H3. The molecule has 0 aliphatic heterocycles. The highest BCUT2D eigenvalue weighted by atomic mass is 28.3. The molecule has 0 aliphatic rings. The van der Waals surface area contributed by atoms with Crippen LogP contribution in [0.5, 0.6) is 0 Å². The lowest BCUT2D eigenvalue weighted by molar-refractivity contribution is 0.114. The maximum absolute atomic E-state index is 5.72. The second kappa shape index (κ2) is 8.31. The molecule has 0 amide bonds. The first-order valence-electron chi connectivity index (χ1n) is 6.15. The smallest absolute Gasteiger partial charge is 0.304 e. The van der Waals surface area contributed by atoms with Crippen molar-refractivity contribution in [2.24, 2.45) is 11.8 Å². The summed E-state index contributed by atoms with van der Waals surface area (Å²) in [7, 11) is -0.770. The van der Waals surface area contributed by atoms with Crippen molar-refractivity contribution >= 4 is 10.0 Å². The second-order valence-electron chi connectivity index (χ2n) is 5.33. The molecule has 0 spiro atoms. The van der Waals surface area contributed by atoms with E-state index >= 15 is 0 Å². The van der Waals surface area contributed by atoms with Crippen molar-refractivity contribution in [2.75, 3.05) is 0 Å². The summed E-state index contributed by atoms with van der Waals surface area (Å²) >= 11 is 0. The molecule has 0 saturated carbocycles. The molecule has 0 rings (SSSR count). The van der Waals surface area contributed by atoms with Crippen LogP contribution >= 0.6 is 0 Å². The van der Waals surface area contributed by atoms with E-state index in [-0.39, 0.29) is 0 Å². The molecule has 0 N–H and O–H groups in total. The summed E-state index contributed by atoms with van der Waals surface area (Å²) in [6, 6.07) is 0. The van der Waals surface area contributed by atoms with Gasteiger partial charge in [-0.05, 0) is 38.5 Å². The zero-order valence-electron chi connectivity index (χ0n) is 11.2. The van der Waals surface area contributed by atoms with Gasteiger partial charge in [0.15, 0.2) is 0 Å². The first kappa shape index (κ1) is 15.1. The Bertz CT molecular complexity index is 133. The summed E-state index contributed by atoms with van der Waals surface area (Å²) in [4.78, 5) is 0. The van der Waals surface area contributed by atoms with E-state index in [2.05, 4.69) is 41.5 Å². The Morgan fingerprint density at radius 1 is 0.733 bits per heavy atom. The van der Waals surface area contributed by atoms with Gasteiger partial charge in [-0.2, -0.15) is 0 Å². The van der Waals surface area contributed by atoms with E-state index in [4.69, 9.17) is 8.85 Å². The van der Waals surface area contributed by atoms with Crippen LogP contribution in [0, 0.1) is 11.8 Å². The molecule has 2 nitrogen and oxygen atoms in total. The van der Waals surface area contributed by atoms with Gasteiger partial charge in [-0.3, -0.25) is 0 Å². The van der Waals surface area contributed by atoms with Gasteiger partial charge in [0.05, 0.1) is 0 Å². The van der Waals surface area contributed by atoms with Gasteiger partial charge < -0.3 is 8.85 Å². The number of rotatable bonds is 8.